The molecule has 118 valence electrons. The van der Waals surface area contributed by atoms with Crippen LogP contribution in [-0.2, 0) is 0 Å². The number of allylic oxidation sites excluding steroid dienone is 1. The van der Waals surface area contributed by atoms with E-state index in [1.54, 1.807) is 0 Å². The van der Waals surface area contributed by atoms with E-state index in [2.05, 4.69) is 53.0 Å². The van der Waals surface area contributed by atoms with Crippen LogP contribution < -0.4 is 5.32 Å². The summed E-state index contributed by atoms with van der Waals surface area (Å²) in [4.78, 5) is 9.34. The minimum absolute atomic E-state index is 0. The molecule has 1 unspecified atom stereocenters. The van der Waals surface area contributed by atoms with Crippen molar-refractivity contribution in [3.8, 4) is 0 Å². The third-order valence-electron chi connectivity index (χ3n) is 3.83. The molecule has 4 nitrogen and oxygen atoms in total. The topological polar surface area (TPSA) is 30.9 Å². The Morgan fingerprint density at radius 1 is 1.40 bits per heavy atom. The first-order valence-electron chi connectivity index (χ1n) is 7.57. The summed E-state index contributed by atoms with van der Waals surface area (Å²) >= 11 is 0. The summed E-state index contributed by atoms with van der Waals surface area (Å²) in [6, 6.07) is 0.684. The van der Waals surface area contributed by atoms with E-state index in [0.29, 0.717) is 6.04 Å². The number of hydrogen-bond donors (Lipinski definition) is 1. The highest BCUT2D eigenvalue weighted by atomic mass is 127. The summed E-state index contributed by atoms with van der Waals surface area (Å²) in [6.07, 6.45) is 6.58. The number of likely N-dealkylation sites (N-methyl/N-ethyl adjacent to an activating group) is 1. The van der Waals surface area contributed by atoms with Crippen LogP contribution in [0.15, 0.2) is 17.1 Å². The van der Waals surface area contributed by atoms with E-state index in [9.17, 15) is 0 Å². The van der Waals surface area contributed by atoms with Crippen LogP contribution in [-0.4, -0.2) is 61.6 Å². The maximum Gasteiger partial charge on any atom is 0.193 e. The first kappa shape index (κ1) is 19.7. The van der Waals surface area contributed by atoms with Crippen LogP contribution in [0.5, 0.6) is 0 Å². The number of likely N-dealkylation sites (tertiary alicyclic amines) is 1. The second-order valence-corrected chi connectivity index (χ2v) is 4.94. The second-order valence-electron chi connectivity index (χ2n) is 4.94. The standard InChI is InChI=1S/C15H30N4.HI/c1-5-8-9-11-17-15(16-4)19-12-10-14(13-19)18(6-2)7-3;/h5,8,14H,6-7,9-13H2,1-4H3,(H,16,17);1H. The Morgan fingerprint density at radius 2 is 2.10 bits per heavy atom. The summed E-state index contributed by atoms with van der Waals surface area (Å²) in [7, 11) is 1.88. The van der Waals surface area contributed by atoms with Gasteiger partial charge >= 0.3 is 0 Å². The van der Waals surface area contributed by atoms with Crippen LogP contribution in [0.1, 0.15) is 33.6 Å². The molecule has 0 aromatic rings. The minimum atomic E-state index is 0. The smallest absolute Gasteiger partial charge is 0.193 e. The molecule has 1 fully saturated rings. The van der Waals surface area contributed by atoms with E-state index in [4.69, 9.17) is 0 Å². The molecule has 1 aliphatic heterocycles. The van der Waals surface area contributed by atoms with Gasteiger partial charge in [-0.05, 0) is 32.9 Å². The molecule has 0 bridgehead atoms. The van der Waals surface area contributed by atoms with E-state index in [0.717, 1.165) is 45.1 Å². The van der Waals surface area contributed by atoms with Gasteiger partial charge in [0.05, 0.1) is 0 Å². The molecule has 1 saturated heterocycles. The molecule has 5 heteroatoms. The zero-order valence-corrected chi connectivity index (χ0v) is 15.8. The Bertz CT molecular complexity index is 300. The Labute approximate surface area is 141 Å². The van der Waals surface area contributed by atoms with Gasteiger partial charge in [0.25, 0.3) is 0 Å². The predicted molar refractivity (Wildman–Crippen MR) is 99.1 cm³/mol. The second kappa shape index (κ2) is 11.4. The molecule has 1 heterocycles. The molecule has 1 rings (SSSR count). The molecule has 1 N–H and O–H groups in total. The normalized spacial score (nSPS) is 19.8. The van der Waals surface area contributed by atoms with E-state index < -0.39 is 0 Å². The lowest BCUT2D eigenvalue weighted by Gasteiger charge is -2.27. The quantitative estimate of drug-likeness (QED) is 0.247. The Hall–Kier alpha value is -0.300. The van der Waals surface area contributed by atoms with Gasteiger partial charge in [0, 0.05) is 32.7 Å². The van der Waals surface area contributed by atoms with E-state index in [1.165, 1.54) is 6.42 Å². The highest BCUT2D eigenvalue weighted by molar-refractivity contribution is 14.0. The maximum absolute atomic E-state index is 4.40. The number of halogens is 1. The van der Waals surface area contributed by atoms with Gasteiger partial charge in [-0.15, -0.1) is 24.0 Å². The maximum atomic E-state index is 4.40. The van der Waals surface area contributed by atoms with Crippen LogP contribution in [0, 0.1) is 0 Å². The number of aliphatic imine (C=N–C) groups is 1. The van der Waals surface area contributed by atoms with Crippen LogP contribution in [0.3, 0.4) is 0 Å². The largest absolute Gasteiger partial charge is 0.356 e. The highest BCUT2D eigenvalue weighted by Gasteiger charge is 2.27. The molecule has 0 saturated carbocycles. The lowest BCUT2D eigenvalue weighted by Crippen LogP contribution is -2.43. The van der Waals surface area contributed by atoms with Crippen molar-refractivity contribution in [2.24, 2.45) is 4.99 Å². The van der Waals surface area contributed by atoms with Crippen molar-refractivity contribution < 1.29 is 0 Å². The molecule has 0 radical (unpaired) electrons. The van der Waals surface area contributed by atoms with Gasteiger partial charge in [-0.25, -0.2) is 0 Å². The molecule has 0 spiro atoms. The van der Waals surface area contributed by atoms with Crippen molar-refractivity contribution in [2.45, 2.75) is 39.7 Å². The number of nitrogens with one attached hydrogen (secondary N) is 1. The summed E-state index contributed by atoms with van der Waals surface area (Å²) in [5.41, 5.74) is 0. The molecule has 0 aliphatic carbocycles. The van der Waals surface area contributed by atoms with Gasteiger partial charge in [0.1, 0.15) is 0 Å². The predicted octanol–water partition coefficient (Wildman–Crippen LogP) is 2.56. The third-order valence-corrected chi connectivity index (χ3v) is 3.83. The molecule has 0 amide bonds. The fourth-order valence-corrected chi connectivity index (χ4v) is 2.74. The van der Waals surface area contributed by atoms with Gasteiger partial charge in [0.2, 0.25) is 0 Å². The Kier molecular flexibility index (Phi) is 11.2. The lowest BCUT2D eigenvalue weighted by atomic mass is 10.2. The Morgan fingerprint density at radius 3 is 2.65 bits per heavy atom. The van der Waals surface area contributed by atoms with Crippen molar-refractivity contribution >= 4 is 29.9 Å². The number of hydrogen-bond acceptors (Lipinski definition) is 2. The highest BCUT2D eigenvalue weighted by Crippen LogP contribution is 2.15. The van der Waals surface area contributed by atoms with E-state index in [1.807, 2.05) is 7.05 Å². The Balaban J connectivity index is 0.00000361. The van der Waals surface area contributed by atoms with Crippen molar-refractivity contribution in [3.05, 3.63) is 12.2 Å². The lowest BCUT2D eigenvalue weighted by molar-refractivity contribution is 0.223. The number of nitrogens with zero attached hydrogens (tertiary/aromatic N) is 3. The van der Waals surface area contributed by atoms with E-state index in [-0.39, 0.29) is 24.0 Å². The fourth-order valence-electron chi connectivity index (χ4n) is 2.74. The molecule has 1 atom stereocenters. The molecule has 0 aromatic heterocycles. The van der Waals surface area contributed by atoms with Gasteiger partial charge in [-0.3, -0.25) is 9.89 Å². The summed E-state index contributed by atoms with van der Waals surface area (Å²) in [6.45, 7) is 12.0. The molecular weight excluding hydrogens is 363 g/mol. The van der Waals surface area contributed by atoms with Crippen LogP contribution in [0.2, 0.25) is 0 Å². The van der Waals surface area contributed by atoms with Gasteiger partial charge in [-0.2, -0.15) is 0 Å². The number of rotatable bonds is 6. The monoisotopic (exact) mass is 394 g/mol. The van der Waals surface area contributed by atoms with Crippen molar-refractivity contribution in [1.82, 2.24) is 15.1 Å². The average Bonchev–Trinajstić information content (AvgIpc) is 2.90. The fraction of sp³-hybridized carbons (Fsp3) is 0.800. The number of guanidine groups is 1. The van der Waals surface area contributed by atoms with Gasteiger partial charge in [-0.1, -0.05) is 26.0 Å². The first-order valence-corrected chi connectivity index (χ1v) is 7.57. The average molecular weight is 394 g/mol. The summed E-state index contributed by atoms with van der Waals surface area (Å²) in [5, 5.41) is 3.45. The molecular formula is C15H31IN4. The molecule has 20 heavy (non-hydrogen) atoms. The van der Waals surface area contributed by atoms with Crippen molar-refractivity contribution in [3.63, 3.8) is 0 Å². The van der Waals surface area contributed by atoms with E-state index >= 15 is 0 Å². The first-order chi connectivity index (χ1) is 9.26. The van der Waals surface area contributed by atoms with Crippen LogP contribution in [0.4, 0.5) is 0 Å². The van der Waals surface area contributed by atoms with Crippen LogP contribution >= 0.6 is 24.0 Å². The van der Waals surface area contributed by atoms with Gasteiger partial charge in [0.15, 0.2) is 5.96 Å². The summed E-state index contributed by atoms with van der Waals surface area (Å²) in [5.74, 6) is 1.05. The zero-order valence-electron chi connectivity index (χ0n) is 13.4. The SMILES string of the molecule is CC=CCCNC(=NC)N1CCC(N(CC)CC)C1.I. The van der Waals surface area contributed by atoms with Crippen LogP contribution in [0.25, 0.3) is 0 Å². The molecule has 1 aliphatic rings. The van der Waals surface area contributed by atoms with Gasteiger partial charge < -0.3 is 10.2 Å². The zero-order chi connectivity index (χ0) is 14.1. The van der Waals surface area contributed by atoms with Crippen molar-refractivity contribution in [2.75, 3.05) is 39.8 Å². The third kappa shape index (κ3) is 5.99. The minimum Gasteiger partial charge on any atom is -0.356 e. The summed E-state index contributed by atoms with van der Waals surface area (Å²) < 4.78 is 0. The van der Waals surface area contributed by atoms with Crippen molar-refractivity contribution in [1.29, 1.82) is 0 Å². The molecule has 0 aromatic carbocycles.